The maximum Gasteiger partial charge on any atom is 0.223 e. The minimum Gasteiger partial charge on any atom is -0.507 e. The van der Waals surface area contributed by atoms with E-state index in [1.165, 1.54) is 17.7 Å². The van der Waals surface area contributed by atoms with Crippen LogP contribution in [0.25, 0.3) is 6.08 Å². The predicted molar refractivity (Wildman–Crippen MR) is 174 cm³/mol. The average molecular weight is 615 g/mol. The standard InChI is InChI=1S/C34H51ClN4O4/c1-25-37-29(23-28-22-27-8-6-16-38-17-7-9-31(32(27)38)33(28)40)24-39(25)30-12-10-26(11-13-30)34(41)36-15-19-43-21-20-42-18-5-3-2-4-14-35/h22-23,26,30,40H,2-21,24H2,1H3,(H,36,41)/b29-23-. The third-order valence-corrected chi connectivity index (χ3v) is 9.77. The van der Waals surface area contributed by atoms with Crippen LogP contribution in [0.3, 0.4) is 0 Å². The number of nitrogens with one attached hydrogen (secondary N) is 1. The van der Waals surface area contributed by atoms with Crippen molar-refractivity contribution in [1.29, 1.82) is 0 Å². The van der Waals surface area contributed by atoms with Crippen molar-refractivity contribution in [1.82, 2.24) is 10.2 Å². The van der Waals surface area contributed by atoms with Gasteiger partial charge in [0.05, 0.1) is 32.1 Å². The predicted octanol–water partition coefficient (Wildman–Crippen LogP) is 5.67. The van der Waals surface area contributed by atoms with Crippen LogP contribution in [0.1, 0.15) is 87.8 Å². The van der Waals surface area contributed by atoms with Gasteiger partial charge < -0.3 is 29.7 Å². The Morgan fingerprint density at radius 2 is 1.79 bits per heavy atom. The number of hydrogen-bond donors (Lipinski definition) is 2. The van der Waals surface area contributed by atoms with Gasteiger partial charge in [-0.25, -0.2) is 4.99 Å². The maximum absolute atomic E-state index is 12.8. The molecule has 8 nitrogen and oxygen atoms in total. The monoisotopic (exact) mass is 614 g/mol. The van der Waals surface area contributed by atoms with Crippen molar-refractivity contribution in [2.75, 3.05) is 63.4 Å². The number of aryl methyl sites for hydroxylation is 1. The van der Waals surface area contributed by atoms with E-state index in [1.54, 1.807) is 0 Å². The summed E-state index contributed by atoms with van der Waals surface area (Å²) in [6, 6.07) is 2.59. The first-order chi connectivity index (χ1) is 21.0. The van der Waals surface area contributed by atoms with E-state index in [9.17, 15) is 9.90 Å². The number of aromatic hydroxyl groups is 1. The zero-order valence-corrected chi connectivity index (χ0v) is 26.8. The number of amides is 1. The van der Waals surface area contributed by atoms with Crippen molar-refractivity contribution in [3.05, 3.63) is 28.5 Å². The molecule has 0 saturated heterocycles. The second kappa shape index (κ2) is 16.1. The van der Waals surface area contributed by atoms with Crippen LogP contribution in [0, 0.1) is 5.92 Å². The van der Waals surface area contributed by atoms with Crippen LogP contribution in [0.2, 0.25) is 0 Å². The number of unbranched alkanes of at least 4 members (excludes halogenated alkanes) is 3. The number of rotatable bonds is 15. The maximum atomic E-state index is 12.8. The lowest BCUT2D eigenvalue weighted by Crippen LogP contribution is -2.42. The van der Waals surface area contributed by atoms with Crippen LogP contribution in [-0.2, 0) is 27.1 Å². The Morgan fingerprint density at radius 3 is 2.58 bits per heavy atom. The van der Waals surface area contributed by atoms with Crippen molar-refractivity contribution in [3.63, 3.8) is 0 Å². The normalized spacial score (nSPS) is 22.6. The number of aliphatic imine (C=N–C) groups is 1. The van der Waals surface area contributed by atoms with Crippen molar-refractivity contribution in [2.24, 2.45) is 10.9 Å². The molecule has 2 N–H and O–H groups in total. The van der Waals surface area contributed by atoms with E-state index in [0.29, 0.717) is 38.2 Å². The molecule has 0 bridgehead atoms. The van der Waals surface area contributed by atoms with Gasteiger partial charge in [0.25, 0.3) is 0 Å². The number of hydrogen-bond acceptors (Lipinski definition) is 7. The minimum absolute atomic E-state index is 0.0669. The Balaban J connectivity index is 1.01. The van der Waals surface area contributed by atoms with Crippen molar-refractivity contribution in [2.45, 2.75) is 90.0 Å². The summed E-state index contributed by atoms with van der Waals surface area (Å²) in [5.74, 6) is 2.43. The van der Waals surface area contributed by atoms with Crippen LogP contribution in [-0.4, -0.2) is 86.3 Å². The van der Waals surface area contributed by atoms with Gasteiger partial charge in [0, 0.05) is 60.9 Å². The average Bonchev–Trinajstić information content (AvgIpc) is 3.39. The van der Waals surface area contributed by atoms with Gasteiger partial charge >= 0.3 is 0 Å². The third-order valence-electron chi connectivity index (χ3n) is 9.50. The fourth-order valence-corrected chi connectivity index (χ4v) is 7.43. The zero-order valence-electron chi connectivity index (χ0n) is 26.1. The molecule has 0 radical (unpaired) electrons. The molecular weight excluding hydrogens is 564 g/mol. The summed E-state index contributed by atoms with van der Waals surface area (Å²) < 4.78 is 11.2. The molecule has 0 atom stereocenters. The molecule has 43 heavy (non-hydrogen) atoms. The summed E-state index contributed by atoms with van der Waals surface area (Å²) in [5.41, 5.74) is 5.72. The molecule has 1 aliphatic carbocycles. The molecule has 1 saturated carbocycles. The quantitative estimate of drug-likeness (QED) is 0.195. The molecule has 9 heteroatoms. The van der Waals surface area contributed by atoms with E-state index in [2.05, 4.69) is 34.2 Å². The van der Waals surface area contributed by atoms with Gasteiger partial charge in [-0.15, -0.1) is 11.6 Å². The number of ether oxygens (including phenoxy) is 2. The van der Waals surface area contributed by atoms with Crippen LogP contribution >= 0.6 is 11.6 Å². The first kappa shape index (κ1) is 32.1. The lowest BCUT2D eigenvalue weighted by molar-refractivity contribution is -0.126. The first-order valence-electron chi connectivity index (χ1n) is 16.7. The molecule has 0 unspecified atom stereocenters. The Labute approximate surface area is 262 Å². The molecule has 3 aliphatic heterocycles. The van der Waals surface area contributed by atoms with Crippen LogP contribution in [0.5, 0.6) is 5.75 Å². The van der Waals surface area contributed by atoms with Gasteiger partial charge in [0.15, 0.2) is 0 Å². The van der Waals surface area contributed by atoms with Crippen LogP contribution < -0.4 is 10.2 Å². The molecular formula is C34H51ClN4O4. The number of phenols is 1. The molecule has 0 aromatic heterocycles. The van der Waals surface area contributed by atoms with Crippen LogP contribution in [0.15, 0.2) is 16.8 Å². The number of halogens is 1. The molecule has 1 aromatic carbocycles. The van der Waals surface area contributed by atoms with E-state index in [-0.39, 0.29) is 11.8 Å². The fourth-order valence-electron chi connectivity index (χ4n) is 7.24. The summed E-state index contributed by atoms with van der Waals surface area (Å²) in [6.45, 7) is 8.02. The van der Waals surface area contributed by atoms with E-state index in [1.807, 2.05) is 0 Å². The van der Waals surface area contributed by atoms with Crippen molar-refractivity contribution >= 4 is 35.1 Å². The number of carbonyl (C=O) groups is 1. The fraction of sp³-hybridized carbons (Fsp3) is 0.706. The Hall–Kier alpha value is -2.29. The SMILES string of the molecule is CC1=N/C(=C\c2cc3c4c(c2O)CCCN4CCC3)CN1C1CCC(C(=O)NCCOCCOCCCCCCCl)CC1. The van der Waals surface area contributed by atoms with Gasteiger partial charge in [0.1, 0.15) is 11.6 Å². The number of alkyl halides is 1. The highest BCUT2D eigenvalue weighted by molar-refractivity contribution is 6.17. The second-order valence-electron chi connectivity index (χ2n) is 12.5. The number of carbonyl (C=O) groups excluding carboxylic acids is 1. The number of benzene rings is 1. The smallest absolute Gasteiger partial charge is 0.223 e. The summed E-state index contributed by atoms with van der Waals surface area (Å²) in [6.07, 6.45) is 14.6. The first-order valence-corrected chi connectivity index (χ1v) is 17.2. The third kappa shape index (κ3) is 8.46. The van der Waals surface area contributed by atoms with Gasteiger partial charge in [-0.2, -0.15) is 0 Å². The molecule has 1 fully saturated rings. The highest BCUT2D eigenvalue weighted by atomic mass is 35.5. The van der Waals surface area contributed by atoms with Crippen molar-refractivity contribution in [3.8, 4) is 5.75 Å². The number of amidine groups is 1. The van der Waals surface area contributed by atoms with Gasteiger partial charge in [-0.3, -0.25) is 4.79 Å². The Bertz CT molecular complexity index is 1150. The molecule has 0 spiro atoms. The van der Waals surface area contributed by atoms with E-state index in [4.69, 9.17) is 26.1 Å². The Morgan fingerprint density at radius 1 is 1.05 bits per heavy atom. The Kier molecular flexibility index (Phi) is 12.1. The van der Waals surface area contributed by atoms with E-state index < -0.39 is 0 Å². The van der Waals surface area contributed by atoms with Gasteiger partial charge in [-0.05, 0) is 88.8 Å². The second-order valence-corrected chi connectivity index (χ2v) is 12.9. The molecule has 4 aliphatic rings. The molecule has 1 aromatic rings. The summed E-state index contributed by atoms with van der Waals surface area (Å²) in [5, 5.41) is 14.3. The summed E-state index contributed by atoms with van der Waals surface area (Å²) in [7, 11) is 0. The van der Waals surface area contributed by atoms with Crippen molar-refractivity contribution < 1.29 is 19.4 Å². The van der Waals surface area contributed by atoms with E-state index >= 15 is 0 Å². The molecule has 1 amide bonds. The zero-order chi connectivity index (χ0) is 30.0. The van der Waals surface area contributed by atoms with E-state index in [0.717, 1.165) is 125 Å². The number of nitrogens with zero attached hydrogens (tertiary/aromatic N) is 3. The molecule has 5 rings (SSSR count). The topological polar surface area (TPSA) is 86.6 Å². The lowest BCUT2D eigenvalue weighted by Gasteiger charge is -2.37. The number of anilines is 1. The molecule has 238 valence electrons. The van der Waals surface area contributed by atoms with Gasteiger partial charge in [-0.1, -0.05) is 12.8 Å². The number of phenolic OH excluding ortho intramolecular Hbond substituents is 1. The highest BCUT2D eigenvalue weighted by Gasteiger charge is 2.33. The minimum atomic E-state index is 0.0669. The largest absolute Gasteiger partial charge is 0.507 e. The van der Waals surface area contributed by atoms with Crippen LogP contribution in [0.4, 0.5) is 5.69 Å². The highest BCUT2D eigenvalue weighted by Crippen LogP contribution is 2.43. The van der Waals surface area contributed by atoms with Gasteiger partial charge in [0.2, 0.25) is 5.91 Å². The summed E-state index contributed by atoms with van der Waals surface area (Å²) in [4.78, 5) is 22.5. The molecule has 3 heterocycles. The lowest BCUT2D eigenvalue weighted by atomic mass is 9.84. The summed E-state index contributed by atoms with van der Waals surface area (Å²) >= 11 is 5.69.